The predicted molar refractivity (Wildman–Crippen MR) is 68.5 cm³/mol. The van der Waals surface area contributed by atoms with Gasteiger partial charge < -0.3 is 9.83 Å². The van der Waals surface area contributed by atoms with Crippen molar-refractivity contribution in [1.29, 1.82) is 0 Å². The van der Waals surface area contributed by atoms with E-state index in [4.69, 9.17) is 6.57 Å². The number of rotatable bonds is 2. The Balaban J connectivity index is 1.93. The standard InChI is InChI=1S/C14H14N4/c1-15-13-6-5-10-3-2-4-11(14(10)18-13)7-12-8-16-9-17-12/h5-6,8-9,11H,2-4,7H2,(H,16,17). The lowest BCUT2D eigenvalue weighted by Crippen LogP contribution is -2.14. The normalized spacial score (nSPS) is 18.1. The number of aromatic nitrogens is 3. The summed E-state index contributed by atoms with van der Waals surface area (Å²) in [6.07, 6.45) is 7.97. The largest absolute Gasteiger partial charge is 0.361 e. The highest BCUT2D eigenvalue weighted by Gasteiger charge is 2.25. The van der Waals surface area contributed by atoms with Crippen LogP contribution in [0, 0.1) is 6.57 Å². The van der Waals surface area contributed by atoms with Gasteiger partial charge in [0.1, 0.15) is 5.69 Å². The summed E-state index contributed by atoms with van der Waals surface area (Å²) in [4.78, 5) is 15.2. The lowest BCUT2D eigenvalue weighted by Gasteiger charge is -2.21. The zero-order chi connectivity index (χ0) is 12.4. The Labute approximate surface area is 106 Å². The number of nitrogens with zero attached hydrogens (tertiary/aromatic N) is 3. The number of pyridine rings is 1. The Bertz CT molecular complexity index is 580. The number of aromatic amines is 1. The number of aryl methyl sites for hydroxylation is 1. The van der Waals surface area contributed by atoms with Gasteiger partial charge in [-0.1, -0.05) is 12.6 Å². The maximum atomic E-state index is 7.07. The summed E-state index contributed by atoms with van der Waals surface area (Å²) >= 11 is 0. The number of hydrogen-bond acceptors (Lipinski definition) is 2. The van der Waals surface area contributed by atoms with Gasteiger partial charge in [-0.2, -0.15) is 0 Å². The Morgan fingerprint density at radius 1 is 1.44 bits per heavy atom. The van der Waals surface area contributed by atoms with E-state index in [2.05, 4.69) is 25.9 Å². The number of hydrogen-bond donors (Lipinski definition) is 1. The summed E-state index contributed by atoms with van der Waals surface area (Å²) in [5.41, 5.74) is 3.48. The van der Waals surface area contributed by atoms with E-state index in [1.54, 1.807) is 6.33 Å². The van der Waals surface area contributed by atoms with Crippen LogP contribution in [0.2, 0.25) is 0 Å². The van der Waals surface area contributed by atoms with Crippen molar-refractivity contribution in [3.63, 3.8) is 0 Å². The lowest BCUT2D eigenvalue weighted by atomic mass is 9.84. The van der Waals surface area contributed by atoms with Crippen molar-refractivity contribution in [2.24, 2.45) is 0 Å². The third-order valence-corrected chi connectivity index (χ3v) is 3.51. The van der Waals surface area contributed by atoms with Crippen LogP contribution in [0.3, 0.4) is 0 Å². The topological polar surface area (TPSA) is 45.9 Å². The van der Waals surface area contributed by atoms with Crippen molar-refractivity contribution in [1.82, 2.24) is 15.0 Å². The van der Waals surface area contributed by atoms with Gasteiger partial charge in [0.25, 0.3) is 5.82 Å². The highest BCUT2D eigenvalue weighted by atomic mass is 14.9. The molecule has 1 unspecified atom stereocenters. The molecule has 90 valence electrons. The molecule has 4 heteroatoms. The summed E-state index contributed by atoms with van der Waals surface area (Å²) in [6, 6.07) is 3.88. The molecular weight excluding hydrogens is 224 g/mol. The molecule has 18 heavy (non-hydrogen) atoms. The fraction of sp³-hybridized carbons (Fsp3) is 0.357. The number of fused-ring (bicyclic) bond motifs is 1. The van der Waals surface area contributed by atoms with Crippen LogP contribution in [0.15, 0.2) is 24.7 Å². The molecule has 0 amide bonds. The second-order valence-corrected chi connectivity index (χ2v) is 4.68. The van der Waals surface area contributed by atoms with Crippen LogP contribution in [0.1, 0.15) is 35.7 Å². The third-order valence-electron chi connectivity index (χ3n) is 3.51. The quantitative estimate of drug-likeness (QED) is 0.817. The first kappa shape index (κ1) is 11.0. The van der Waals surface area contributed by atoms with Crippen molar-refractivity contribution in [3.05, 3.63) is 53.0 Å². The molecule has 1 aliphatic rings. The van der Waals surface area contributed by atoms with Crippen LogP contribution in [-0.2, 0) is 12.8 Å². The van der Waals surface area contributed by atoms with Crippen LogP contribution in [0.5, 0.6) is 0 Å². The molecule has 2 heterocycles. The summed E-state index contributed by atoms with van der Waals surface area (Å²) in [7, 11) is 0. The van der Waals surface area contributed by atoms with E-state index in [0.717, 1.165) is 30.7 Å². The van der Waals surface area contributed by atoms with Gasteiger partial charge in [-0.25, -0.2) is 4.98 Å². The zero-order valence-electron chi connectivity index (χ0n) is 10.1. The van der Waals surface area contributed by atoms with Gasteiger partial charge in [-0.15, -0.1) is 4.98 Å². The van der Waals surface area contributed by atoms with Gasteiger partial charge in [-0.05, 0) is 30.9 Å². The maximum Gasteiger partial charge on any atom is 0.269 e. The molecule has 0 aliphatic heterocycles. The number of nitrogens with one attached hydrogen (secondary N) is 1. The molecule has 0 saturated heterocycles. The fourth-order valence-corrected chi connectivity index (χ4v) is 2.65. The van der Waals surface area contributed by atoms with Crippen LogP contribution in [0.25, 0.3) is 4.85 Å². The minimum Gasteiger partial charge on any atom is -0.361 e. The molecular formula is C14H14N4. The fourth-order valence-electron chi connectivity index (χ4n) is 2.65. The number of H-pyrrole nitrogens is 1. The summed E-state index contributed by atoms with van der Waals surface area (Å²) < 4.78 is 0. The summed E-state index contributed by atoms with van der Waals surface area (Å²) in [6.45, 7) is 7.07. The average molecular weight is 238 g/mol. The van der Waals surface area contributed by atoms with E-state index < -0.39 is 0 Å². The Kier molecular flexibility index (Phi) is 2.81. The molecule has 0 radical (unpaired) electrons. The first-order chi connectivity index (χ1) is 8.86. The van der Waals surface area contributed by atoms with E-state index in [1.807, 2.05) is 12.3 Å². The first-order valence-electron chi connectivity index (χ1n) is 6.22. The molecule has 4 nitrogen and oxygen atoms in total. The highest BCUT2D eigenvalue weighted by Crippen LogP contribution is 2.33. The molecule has 0 spiro atoms. The molecule has 2 aromatic rings. The van der Waals surface area contributed by atoms with Crippen molar-refractivity contribution in [2.75, 3.05) is 0 Å². The lowest BCUT2D eigenvalue weighted by molar-refractivity contribution is 0.532. The van der Waals surface area contributed by atoms with E-state index in [9.17, 15) is 0 Å². The van der Waals surface area contributed by atoms with Gasteiger partial charge >= 0.3 is 0 Å². The predicted octanol–water partition coefficient (Wildman–Crippen LogP) is 3.02. The maximum absolute atomic E-state index is 7.07. The van der Waals surface area contributed by atoms with Crippen LogP contribution < -0.4 is 0 Å². The van der Waals surface area contributed by atoms with Gasteiger partial charge in [0.05, 0.1) is 12.0 Å². The van der Waals surface area contributed by atoms with Crippen LogP contribution >= 0.6 is 0 Å². The number of imidazole rings is 1. The SMILES string of the molecule is [C-]#[N+]c1ccc2c(n1)C(Cc1c[nH]cn1)CCC2. The van der Waals surface area contributed by atoms with Gasteiger partial charge in [0.15, 0.2) is 0 Å². The minimum atomic E-state index is 0.402. The van der Waals surface area contributed by atoms with E-state index in [-0.39, 0.29) is 0 Å². The Morgan fingerprint density at radius 3 is 3.17 bits per heavy atom. The zero-order valence-corrected chi connectivity index (χ0v) is 10.1. The van der Waals surface area contributed by atoms with Crippen molar-refractivity contribution in [3.8, 4) is 0 Å². The molecule has 0 bridgehead atoms. The molecule has 1 aliphatic carbocycles. The average Bonchev–Trinajstić information content (AvgIpc) is 2.91. The minimum absolute atomic E-state index is 0.402. The van der Waals surface area contributed by atoms with Crippen LogP contribution in [-0.4, -0.2) is 15.0 Å². The van der Waals surface area contributed by atoms with E-state index in [1.165, 1.54) is 12.0 Å². The second kappa shape index (κ2) is 4.61. The van der Waals surface area contributed by atoms with Crippen LogP contribution in [0.4, 0.5) is 5.82 Å². The van der Waals surface area contributed by atoms with Crippen molar-refractivity contribution < 1.29 is 0 Å². The highest BCUT2D eigenvalue weighted by molar-refractivity contribution is 5.41. The smallest absolute Gasteiger partial charge is 0.269 e. The molecule has 0 saturated carbocycles. The Morgan fingerprint density at radius 2 is 2.39 bits per heavy atom. The van der Waals surface area contributed by atoms with Crippen molar-refractivity contribution in [2.45, 2.75) is 31.6 Å². The molecule has 1 atom stereocenters. The second-order valence-electron chi connectivity index (χ2n) is 4.68. The molecule has 1 N–H and O–H groups in total. The van der Waals surface area contributed by atoms with Crippen molar-refractivity contribution >= 4 is 5.82 Å². The van der Waals surface area contributed by atoms with Gasteiger partial charge in [0.2, 0.25) is 0 Å². The Hall–Kier alpha value is -2.15. The van der Waals surface area contributed by atoms with E-state index in [0.29, 0.717) is 11.7 Å². The third kappa shape index (κ3) is 2.00. The molecule has 2 aromatic heterocycles. The summed E-state index contributed by atoms with van der Waals surface area (Å²) in [5, 5.41) is 0. The first-order valence-corrected chi connectivity index (χ1v) is 6.22. The van der Waals surface area contributed by atoms with Gasteiger partial charge in [-0.3, -0.25) is 0 Å². The van der Waals surface area contributed by atoms with E-state index >= 15 is 0 Å². The summed E-state index contributed by atoms with van der Waals surface area (Å²) in [5.74, 6) is 0.904. The van der Waals surface area contributed by atoms with Gasteiger partial charge in [0, 0.05) is 18.5 Å². The monoisotopic (exact) mass is 238 g/mol. The molecule has 0 aromatic carbocycles. The molecule has 3 rings (SSSR count). The molecule has 0 fully saturated rings.